The SMILES string of the molecule is CCCCCP.c1ccc(P(c2ccccc2)c2cccc(P(c3ccccc3)c3ccccc3)c2)cc1. The van der Waals surface area contributed by atoms with Gasteiger partial charge in [0.05, 0.1) is 0 Å². The van der Waals surface area contributed by atoms with Crippen LogP contribution in [0.3, 0.4) is 0 Å². The van der Waals surface area contributed by atoms with Gasteiger partial charge in [-0.1, -0.05) is 159 Å². The molecule has 1 unspecified atom stereocenters. The van der Waals surface area contributed by atoms with Crippen LogP contribution in [0.2, 0.25) is 0 Å². The van der Waals surface area contributed by atoms with E-state index >= 15 is 0 Å². The van der Waals surface area contributed by atoms with Gasteiger partial charge in [0.2, 0.25) is 0 Å². The van der Waals surface area contributed by atoms with E-state index in [-0.39, 0.29) is 0 Å². The van der Waals surface area contributed by atoms with E-state index in [0.717, 1.165) is 0 Å². The van der Waals surface area contributed by atoms with Crippen LogP contribution >= 0.6 is 25.1 Å². The minimum Gasteiger partial charge on any atom is -0.138 e. The fraction of sp³-hybridized carbons (Fsp3) is 0.143. The van der Waals surface area contributed by atoms with Crippen molar-refractivity contribution in [2.75, 3.05) is 6.16 Å². The Morgan fingerprint density at radius 1 is 0.421 bits per heavy atom. The van der Waals surface area contributed by atoms with Crippen molar-refractivity contribution in [1.82, 2.24) is 0 Å². The quantitative estimate of drug-likeness (QED) is 0.134. The fourth-order valence-corrected chi connectivity index (χ4v) is 9.44. The van der Waals surface area contributed by atoms with Crippen molar-refractivity contribution in [3.8, 4) is 0 Å². The molecule has 5 aromatic carbocycles. The highest BCUT2D eigenvalue weighted by Crippen LogP contribution is 2.36. The van der Waals surface area contributed by atoms with Crippen molar-refractivity contribution in [1.29, 1.82) is 0 Å². The average Bonchev–Trinajstić information content (AvgIpc) is 2.99. The summed E-state index contributed by atoms with van der Waals surface area (Å²) >= 11 is 0. The molecular formula is C35H37P3. The number of hydrogen-bond donors (Lipinski definition) is 0. The molecule has 192 valence electrons. The van der Waals surface area contributed by atoms with E-state index in [1.165, 1.54) is 57.3 Å². The maximum absolute atomic E-state index is 2.73. The number of hydrogen-bond acceptors (Lipinski definition) is 0. The summed E-state index contributed by atoms with van der Waals surface area (Å²) in [5.41, 5.74) is 0. The summed E-state index contributed by atoms with van der Waals surface area (Å²) in [5.74, 6) is 0. The summed E-state index contributed by atoms with van der Waals surface area (Å²) in [6.45, 7) is 2.22. The Bertz CT molecular complexity index is 1140. The minimum atomic E-state index is -0.614. The van der Waals surface area contributed by atoms with E-state index in [1.807, 2.05) is 0 Å². The van der Waals surface area contributed by atoms with Gasteiger partial charge in [0, 0.05) is 0 Å². The summed E-state index contributed by atoms with van der Waals surface area (Å²) in [6, 6.07) is 53.0. The topological polar surface area (TPSA) is 0 Å². The molecule has 0 spiro atoms. The summed E-state index contributed by atoms with van der Waals surface area (Å²) in [4.78, 5) is 0. The lowest BCUT2D eigenvalue weighted by Crippen LogP contribution is -2.26. The van der Waals surface area contributed by atoms with Crippen LogP contribution in [0.15, 0.2) is 146 Å². The Kier molecular flexibility index (Phi) is 11.7. The molecule has 1 atom stereocenters. The smallest absolute Gasteiger partial charge is 0.0134 e. The Labute approximate surface area is 234 Å². The molecule has 3 heteroatoms. The Balaban J connectivity index is 0.000000505. The largest absolute Gasteiger partial charge is 0.138 e. The minimum absolute atomic E-state index is 0.614. The predicted molar refractivity (Wildman–Crippen MR) is 178 cm³/mol. The molecule has 0 radical (unpaired) electrons. The third-order valence-corrected chi connectivity index (χ3v) is 11.5. The maximum atomic E-state index is 2.73. The van der Waals surface area contributed by atoms with Gasteiger partial charge < -0.3 is 0 Å². The van der Waals surface area contributed by atoms with Gasteiger partial charge in [0.15, 0.2) is 0 Å². The lowest BCUT2D eigenvalue weighted by Gasteiger charge is -2.23. The zero-order valence-electron chi connectivity index (χ0n) is 22.2. The second kappa shape index (κ2) is 15.7. The highest BCUT2D eigenvalue weighted by molar-refractivity contribution is 7.81. The van der Waals surface area contributed by atoms with Crippen LogP contribution < -0.4 is 31.8 Å². The molecule has 0 fully saturated rings. The van der Waals surface area contributed by atoms with E-state index < -0.39 is 15.8 Å². The van der Waals surface area contributed by atoms with Gasteiger partial charge in [0.1, 0.15) is 0 Å². The van der Waals surface area contributed by atoms with Gasteiger partial charge in [-0.15, -0.1) is 9.24 Å². The highest BCUT2D eigenvalue weighted by Gasteiger charge is 2.20. The first-order valence-electron chi connectivity index (χ1n) is 13.4. The lowest BCUT2D eigenvalue weighted by molar-refractivity contribution is 0.779. The molecule has 0 aromatic heterocycles. The normalized spacial score (nSPS) is 10.7. The molecule has 5 aromatic rings. The first-order valence-corrected chi connectivity index (χ1v) is 16.9. The van der Waals surface area contributed by atoms with E-state index in [1.54, 1.807) is 0 Å². The Morgan fingerprint density at radius 2 is 0.737 bits per heavy atom. The van der Waals surface area contributed by atoms with Gasteiger partial charge in [-0.25, -0.2) is 0 Å². The van der Waals surface area contributed by atoms with Crippen molar-refractivity contribution >= 4 is 56.9 Å². The fourth-order valence-electron chi connectivity index (χ4n) is 4.37. The predicted octanol–water partition coefficient (Wildman–Crippen LogP) is 7.25. The number of benzene rings is 5. The molecule has 0 bridgehead atoms. The molecule has 0 nitrogen and oxygen atoms in total. The van der Waals surface area contributed by atoms with Crippen molar-refractivity contribution < 1.29 is 0 Å². The van der Waals surface area contributed by atoms with Crippen LogP contribution in [0, 0.1) is 0 Å². The third-order valence-electron chi connectivity index (χ3n) is 6.21. The summed E-state index contributed by atoms with van der Waals surface area (Å²) in [5, 5.41) is 8.33. The monoisotopic (exact) mass is 550 g/mol. The molecule has 5 rings (SSSR count). The summed E-state index contributed by atoms with van der Waals surface area (Å²) in [7, 11) is 1.50. The van der Waals surface area contributed by atoms with Crippen LogP contribution in [0.1, 0.15) is 26.2 Å². The zero-order chi connectivity index (χ0) is 26.4. The molecule has 38 heavy (non-hydrogen) atoms. The van der Waals surface area contributed by atoms with Crippen LogP contribution in [0.5, 0.6) is 0 Å². The standard InChI is InChI=1S/C30H24P2.C5H13P/c1-5-14-25(15-6-1)31(26-16-7-2-8-17-26)29-22-13-23-30(24-29)32(27-18-9-3-10-19-27)28-20-11-4-12-21-28;1-2-3-4-5-6/h1-24H;2-6H2,1H3. The number of rotatable bonds is 9. The van der Waals surface area contributed by atoms with Gasteiger partial charge in [-0.05, 0) is 66.3 Å². The Hall–Kier alpha value is -2.61. The molecule has 0 aliphatic carbocycles. The van der Waals surface area contributed by atoms with Crippen molar-refractivity contribution in [2.24, 2.45) is 0 Å². The van der Waals surface area contributed by atoms with Gasteiger partial charge >= 0.3 is 0 Å². The summed E-state index contributed by atoms with van der Waals surface area (Å²) < 4.78 is 0. The molecular weight excluding hydrogens is 513 g/mol. The van der Waals surface area contributed by atoms with Crippen LogP contribution in [0.4, 0.5) is 0 Å². The molecule has 0 saturated heterocycles. The van der Waals surface area contributed by atoms with E-state index in [4.69, 9.17) is 0 Å². The second-order valence-corrected chi connectivity index (χ2v) is 14.0. The lowest BCUT2D eigenvalue weighted by atomic mass is 10.3. The van der Waals surface area contributed by atoms with Crippen molar-refractivity contribution in [3.63, 3.8) is 0 Å². The number of unbranched alkanes of at least 4 members (excludes halogenated alkanes) is 2. The highest BCUT2D eigenvalue weighted by atomic mass is 31.1. The molecule has 0 aliphatic heterocycles. The zero-order valence-corrected chi connectivity index (χ0v) is 25.1. The van der Waals surface area contributed by atoms with Crippen molar-refractivity contribution in [2.45, 2.75) is 26.2 Å². The van der Waals surface area contributed by atoms with Gasteiger partial charge in [0.25, 0.3) is 0 Å². The van der Waals surface area contributed by atoms with Crippen LogP contribution in [-0.2, 0) is 0 Å². The molecule has 0 heterocycles. The van der Waals surface area contributed by atoms with E-state index in [0.29, 0.717) is 0 Å². The average molecular weight is 551 g/mol. The molecule has 0 aliphatic rings. The van der Waals surface area contributed by atoms with Gasteiger partial charge in [-0.2, -0.15) is 0 Å². The van der Waals surface area contributed by atoms with Gasteiger partial charge in [-0.3, -0.25) is 0 Å². The second-order valence-electron chi connectivity index (χ2n) is 9.03. The maximum Gasteiger partial charge on any atom is -0.0134 e. The first-order chi connectivity index (χ1) is 18.8. The molecule has 0 saturated carbocycles. The molecule has 0 N–H and O–H groups in total. The Morgan fingerprint density at radius 3 is 1.00 bits per heavy atom. The van der Waals surface area contributed by atoms with Crippen LogP contribution in [0.25, 0.3) is 0 Å². The first kappa shape index (κ1) is 28.4. The summed E-state index contributed by atoms with van der Waals surface area (Å²) in [6.07, 6.45) is 5.38. The van der Waals surface area contributed by atoms with E-state index in [2.05, 4.69) is 162 Å². The van der Waals surface area contributed by atoms with E-state index in [9.17, 15) is 0 Å². The third kappa shape index (κ3) is 7.95. The van der Waals surface area contributed by atoms with Crippen molar-refractivity contribution in [3.05, 3.63) is 146 Å². The van der Waals surface area contributed by atoms with Crippen LogP contribution in [-0.4, -0.2) is 6.16 Å². The molecule has 0 amide bonds.